The lowest BCUT2D eigenvalue weighted by Crippen LogP contribution is -2.44. The normalized spacial score (nSPS) is 13.4. The first kappa shape index (κ1) is 31.6. The van der Waals surface area contributed by atoms with Crippen molar-refractivity contribution in [2.75, 3.05) is 39.5 Å². The van der Waals surface area contributed by atoms with Gasteiger partial charge in [-0.15, -0.1) is 0 Å². The Morgan fingerprint density at radius 3 is 1.47 bits per heavy atom. The van der Waals surface area contributed by atoms with Crippen molar-refractivity contribution >= 4 is 18.3 Å². The summed E-state index contributed by atoms with van der Waals surface area (Å²) in [5.74, 6) is 0. The van der Waals surface area contributed by atoms with E-state index in [0.29, 0.717) is 38.9 Å². The molecule has 0 aromatic rings. The van der Waals surface area contributed by atoms with Crippen LogP contribution in [0.25, 0.3) is 0 Å². The first-order valence-electron chi connectivity index (χ1n) is 12.0. The Labute approximate surface area is 202 Å². The topological polar surface area (TPSA) is 233 Å². The first-order valence-corrected chi connectivity index (χ1v) is 12.0. The molecule has 0 saturated heterocycles. The number of hydrogen-bond donors (Lipinski definition) is 7. The maximum Gasteiger partial charge on any atom is 0.407 e. The van der Waals surface area contributed by atoms with Crippen molar-refractivity contribution in [1.82, 2.24) is 10.6 Å². The number of alkyl carbamates (subject to hydrolysis) is 2. The summed E-state index contributed by atoms with van der Waals surface area (Å²) in [6.45, 7) is 1.56. The Hall–Kier alpha value is -2.35. The molecule has 0 fully saturated rings. The molecule has 0 aliphatic heterocycles. The van der Waals surface area contributed by atoms with E-state index in [1.54, 1.807) is 0 Å². The minimum atomic E-state index is -0.930. The zero-order valence-corrected chi connectivity index (χ0v) is 20.2. The maximum absolute atomic E-state index is 12.3. The lowest BCUT2D eigenvalue weighted by Gasteiger charge is -2.21. The molecular weight excluding hydrogens is 446 g/mol. The highest BCUT2D eigenvalue weighted by Gasteiger charge is 2.19. The number of unbranched alkanes of at least 4 members (excludes halogenated alkanes) is 3. The highest BCUT2D eigenvalue weighted by atomic mass is 16.6. The monoisotopic (exact) mass is 491 g/mol. The van der Waals surface area contributed by atoms with Crippen LogP contribution < -0.4 is 39.3 Å². The van der Waals surface area contributed by atoms with Crippen LogP contribution in [-0.2, 0) is 14.2 Å². The van der Waals surface area contributed by atoms with Gasteiger partial charge in [0.1, 0.15) is 19.8 Å². The van der Waals surface area contributed by atoms with Crippen molar-refractivity contribution in [2.45, 2.75) is 75.9 Å². The summed E-state index contributed by atoms with van der Waals surface area (Å²) < 4.78 is 15.3. The molecular formula is C21H45N7O6. The Kier molecular flexibility index (Phi) is 19.7. The van der Waals surface area contributed by atoms with Crippen LogP contribution in [0.1, 0.15) is 57.8 Å². The molecule has 0 aliphatic carbocycles. The maximum atomic E-state index is 12.3. The predicted molar refractivity (Wildman–Crippen MR) is 129 cm³/mol. The number of ether oxygens (including phenoxy) is 3. The van der Waals surface area contributed by atoms with Gasteiger partial charge in [-0.2, -0.15) is 0 Å². The highest BCUT2D eigenvalue weighted by Crippen LogP contribution is 2.05. The van der Waals surface area contributed by atoms with E-state index in [1.807, 2.05) is 0 Å². The minimum absolute atomic E-state index is 0.0692. The van der Waals surface area contributed by atoms with Gasteiger partial charge in [0.2, 0.25) is 0 Å². The molecule has 0 unspecified atom stereocenters. The van der Waals surface area contributed by atoms with Gasteiger partial charge in [-0.3, -0.25) is 0 Å². The molecule has 3 atom stereocenters. The number of nitrogens with two attached hydrogens (primary N) is 5. The fourth-order valence-electron chi connectivity index (χ4n) is 3.06. The summed E-state index contributed by atoms with van der Waals surface area (Å²) in [6, 6.07) is -1.20. The average Bonchev–Trinajstić information content (AvgIpc) is 2.79. The number of hydrogen-bond acceptors (Lipinski definition) is 10. The van der Waals surface area contributed by atoms with Gasteiger partial charge in [0.15, 0.2) is 0 Å². The third-order valence-electron chi connectivity index (χ3n) is 4.96. The van der Waals surface area contributed by atoms with Crippen molar-refractivity contribution in [3.63, 3.8) is 0 Å². The third-order valence-corrected chi connectivity index (χ3v) is 4.96. The number of primary amides is 1. The quantitative estimate of drug-likeness (QED) is 0.0888. The number of nitrogens with one attached hydrogen (secondary N) is 2. The zero-order chi connectivity index (χ0) is 25.6. The van der Waals surface area contributed by atoms with Crippen molar-refractivity contribution in [3.8, 4) is 0 Å². The van der Waals surface area contributed by atoms with Crippen LogP contribution >= 0.6 is 0 Å². The fraction of sp³-hybridized carbons (Fsp3) is 0.857. The smallest absolute Gasteiger partial charge is 0.407 e. The molecule has 0 saturated carbocycles. The molecule has 0 heterocycles. The molecule has 3 amide bonds. The van der Waals surface area contributed by atoms with E-state index in [9.17, 15) is 14.4 Å². The Morgan fingerprint density at radius 1 is 0.618 bits per heavy atom. The van der Waals surface area contributed by atoms with Crippen LogP contribution in [0.2, 0.25) is 0 Å². The molecule has 200 valence electrons. The van der Waals surface area contributed by atoms with Crippen LogP contribution in [0.4, 0.5) is 14.4 Å². The molecule has 0 aromatic heterocycles. The summed E-state index contributed by atoms with van der Waals surface area (Å²) in [5, 5.41) is 5.35. The SMILES string of the molecule is NCCCC[C@H](N)COC(=O)N[C@H](CCCCN)COC(=O)N[C@@H](CCCCN)COC(N)=O. The van der Waals surface area contributed by atoms with E-state index < -0.39 is 30.4 Å². The van der Waals surface area contributed by atoms with E-state index in [0.717, 1.165) is 38.5 Å². The van der Waals surface area contributed by atoms with Gasteiger partial charge in [0, 0.05) is 6.04 Å². The fourth-order valence-corrected chi connectivity index (χ4v) is 3.06. The van der Waals surface area contributed by atoms with Gasteiger partial charge >= 0.3 is 18.3 Å². The molecule has 13 nitrogen and oxygen atoms in total. The lowest BCUT2D eigenvalue weighted by atomic mass is 10.1. The summed E-state index contributed by atoms with van der Waals surface area (Å²) in [5.41, 5.74) is 27.4. The second-order valence-corrected chi connectivity index (χ2v) is 8.12. The van der Waals surface area contributed by atoms with Crippen molar-refractivity contribution < 1.29 is 28.6 Å². The molecule has 34 heavy (non-hydrogen) atoms. The Bertz CT molecular complexity index is 556. The number of carbonyl (C=O) groups is 3. The van der Waals surface area contributed by atoms with E-state index in [1.165, 1.54) is 0 Å². The number of amides is 3. The summed E-state index contributed by atoms with van der Waals surface area (Å²) in [7, 11) is 0. The average molecular weight is 492 g/mol. The van der Waals surface area contributed by atoms with E-state index in [-0.39, 0.29) is 25.9 Å². The minimum Gasteiger partial charge on any atom is -0.448 e. The summed E-state index contributed by atoms with van der Waals surface area (Å²) >= 11 is 0. The third kappa shape index (κ3) is 19.1. The molecule has 0 bridgehead atoms. The van der Waals surface area contributed by atoms with E-state index in [4.69, 9.17) is 42.9 Å². The van der Waals surface area contributed by atoms with Crippen molar-refractivity contribution in [2.24, 2.45) is 28.7 Å². The predicted octanol–water partition coefficient (Wildman–Crippen LogP) is -0.0144. The van der Waals surface area contributed by atoms with Gasteiger partial charge in [-0.1, -0.05) is 19.3 Å². The standard InChI is InChI=1S/C21H45N7O6/c22-10-4-1-7-16(25)13-33-20(30)28-18(9-3-6-12-24)15-34-21(31)27-17(8-2-5-11-23)14-32-19(26)29/h16-18H,1-15,22-25H2,(H2,26,29)(H,27,31)(H,28,30)/t16-,17-,18+/m0/s1. The van der Waals surface area contributed by atoms with Crippen LogP contribution in [0.3, 0.4) is 0 Å². The highest BCUT2D eigenvalue weighted by molar-refractivity contribution is 5.69. The Balaban J connectivity index is 4.61. The van der Waals surface area contributed by atoms with Gasteiger partial charge in [0.25, 0.3) is 0 Å². The van der Waals surface area contributed by atoms with Crippen LogP contribution in [0, 0.1) is 0 Å². The van der Waals surface area contributed by atoms with Gasteiger partial charge in [-0.25, -0.2) is 14.4 Å². The van der Waals surface area contributed by atoms with Crippen molar-refractivity contribution in [3.05, 3.63) is 0 Å². The molecule has 0 spiro atoms. The van der Waals surface area contributed by atoms with Crippen LogP contribution in [0.5, 0.6) is 0 Å². The second-order valence-electron chi connectivity index (χ2n) is 8.12. The summed E-state index contributed by atoms with van der Waals surface area (Å²) in [4.78, 5) is 35.3. The van der Waals surface area contributed by atoms with Gasteiger partial charge < -0.3 is 53.5 Å². The number of carbonyl (C=O) groups excluding carboxylic acids is 3. The van der Waals surface area contributed by atoms with Crippen LogP contribution in [0.15, 0.2) is 0 Å². The molecule has 0 aliphatic rings. The van der Waals surface area contributed by atoms with E-state index >= 15 is 0 Å². The molecule has 0 radical (unpaired) electrons. The van der Waals surface area contributed by atoms with E-state index in [2.05, 4.69) is 10.6 Å². The van der Waals surface area contributed by atoms with Crippen molar-refractivity contribution in [1.29, 1.82) is 0 Å². The lowest BCUT2D eigenvalue weighted by molar-refractivity contribution is 0.104. The molecule has 0 aromatic carbocycles. The zero-order valence-electron chi connectivity index (χ0n) is 20.2. The Morgan fingerprint density at radius 2 is 1.03 bits per heavy atom. The summed E-state index contributed by atoms with van der Waals surface area (Å²) in [6.07, 6.45) is 4.25. The number of rotatable bonds is 20. The molecule has 0 rings (SSSR count). The first-order chi connectivity index (χ1) is 16.3. The largest absolute Gasteiger partial charge is 0.448 e. The molecule has 13 heteroatoms. The second kappa shape index (κ2) is 21.2. The van der Waals surface area contributed by atoms with Crippen LogP contribution in [-0.4, -0.2) is 75.9 Å². The molecule has 12 N–H and O–H groups in total. The van der Waals surface area contributed by atoms with Gasteiger partial charge in [0.05, 0.1) is 12.1 Å². The van der Waals surface area contributed by atoms with Gasteiger partial charge in [-0.05, 0) is 58.2 Å².